The van der Waals surface area contributed by atoms with Crippen LogP contribution in [0.1, 0.15) is 35.1 Å². The summed E-state index contributed by atoms with van der Waals surface area (Å²) in [5.41, 5.74) is 2.53. The molecule has 3 heteroatoms. The molecule has 0 saturated heterocycles. The van der Waals surface area contributed by atoms with Crippen molar-refractivity contribution in [3.63, 3.8) is 0 Å². The number of carbonyl (C=O) groups is 1. The van der Waals surface area contributed by atoms with Gasteiger partial charge in [0.15, 0.2) is 5.78 Å². The third kappa shape index (κ3) is 1.31. The summed E-state index contributed by atoms with van der Waals surface area (Å²) in [6.07, 6.45) is 0.519. The number of Topliss-reactive ketones (excluding diaryl/α,β-unsaturated/α-hetero) is 1. The Balaban J connectivity index is 3.04. The molecule has 3 nitrogen and oxygen atoms in total. The Kier molecular flexibility index (Phi) is 2.08. The van der Waals surface area contributed by atoms with Crippen LogP contribution in [0, 0.1) is 13.8 Å². The van der Waals surface area contributed by atoms with Crippen LogP contribution in [0.2, 0.25) is 0 Å². The molecule has 0 radical (unpaired) electrons. The molecule has 0 aliphatic rings. The number of aryl methyl sites for hydroxylation is 1. The monoisotopic (exact) mass is 152 g/mol. The standard InChI is InChI=1S/C8H12N2O/c1-4-7(11)8-5(2)6(3)9-10-8/h4H2,1-3H3,(H,9,10). The zero-order chi connectivity index (χ0) is 8.43. The van der Waals surface area contributed by atoms with E-state index in [2.05, 4.69) is 10.2 Å². The summed E-state index contributed by atoms with van der Waals surface area (Å²) in [4.78, 5) is 11.2. The van der Waals surface area contributed by atoms with Gasteiger partial charge in [-0.1, -0.05) is 6.92 Å². The van der Waals surface area contributed by atoms with Crippen molar-refractivity contribution in [3.05, 3.63) is 17.0 Å². The Morgan fingerprint density at radius 3 is 2.55 bits per heavy atom. The van der Waals surface area contributed by atoms with Gasteiger partial charge >= 0.3 is 0 Å². The normalized spacial score (nSPS) is 10.1. The molecule has 0 bridgehead atoms. The predicted octanol–water partition coefficient (Wildman–Crippen LogP) is 1.62. The fourth-order valence-electron chi connectivity index (χ4n) is 0.924. The van der Waals surface area contributed by atoms with Gasteiger partial charge in [0.25, 0.3) is 0 Å². The van der Waals surface area contributed by atoms with Gasteiger partial charge in [-0.25, -0.2) is 0 Å². The van der Waals surface area contributed by atoms with Gasteiger partial charge in [0.05, 0.1) is 0 Å². The quantitative estimate of drug-likeness (QED) is 0.654. The van der Waals surface area contributed by atoms with E-state index in [4.69, 9.17) is 0 Å². The predicted molar refractivity (Wildman–Crippen MR) is 42.7 cm³/mol. The van der Waals surface area contributed by atoms with Gasteiger partial charge in [-0.2, -0.15) is 5.10 Å². The van der Waals surface area contributed by atoms with Crippen LogP contribution >= 0.6 is 0 Å². The second-order valence-electron chi connectivity index (χ2n) is 2.60. The number of ketones is 1. The van der Waals surface area contributed by atoms with Crippen LogP contribution < -0.4 is 0 Å². The third-order valence-corrected chi connectivity index (χ3v) is 1.84. The second-order valence-corrected chi connectivity index (χ2v) is 2.60. The van der Waals surface area contributed by atoms with Crippen molar-refractivity contribution in [2.24, 2.45) is 0 Å². The maximum Gasteiger partial charge on any atom is 0.183 e. The van der Waals surface area contributed by atoms with E-state index in [9.17, 15) is 4.79 Å². The first-order valence-corrected chi connectivity index (χ1v) is 3.71. The Labute approximate surface area is 65.8 Å². The third-order valence-electron chi connectivity index (χ3n) is 1.84. The zero-order valence-electron chi connectivity index (χ0n) is 7.06. The van der Waals surface area contributed by atoms with Gasteiger partial charge in [-0.15, -0.1) is 0 Å². The van der Waals surface area contributed by atoms with Crippen molar-refractivity contribution in [1.82, 2.24) is 10.2 Å². The fraction of sp³-hybridized carbons (Fsp3) is 0.500. The maximum atomic E-state index is 11.2. The van der Waals surface area contributed by atoms with Crippen molar-refractivity contribution in [2.75, 3.05) is 0 Å². The number of carbonyl (C=O) groups excluding carboxylic acids is 1. The van der Waals surface area contributed by atoms with E-state index in [0.717, 1.165) is 11.3 Å². The topological polar surface area (TPSA) is 45.8 Å². The van der Waals surface area contributed by atoms with Crippen LogP contribution in [0.5, 0.6) is 0 Å². The molecule has 0 spiro atoms. The largest absolute Gasteiger partial charge is 0.292 e. The van der Waals surface area contributed by atoms with Gasteiger partial charge < -0.3 is 0 Å². The number of hydrogen-bond donors (Lipinski definition) is 1. The van der Waals surface area contributed by atoms with Gasteiger partial charge in [-0.05, 0) is 13.8 Å². The zero-order valence-corrected chi connectivity index (χ0v) is 7.06. The molecule has 0 atom stereocenters. The number of aromatic nitrogens is 2. The number of nitrogens with zero attached hydrogens (tertiary/aromatic N) is 1. The van der Waals surface area contributed by atoms with Gasteiger partial charge in [-0.3, -0.25) is 9.89 Å². The molecule has 1 aromatic rings. The lowest BCUT2D eigenvalue weighted by atomic mass is 10.1. The van der Waals surface area contributed by atoms with E-state index in [1.165, 1.54) is 0 Å². The molecule has 0 aliphatic carbocycles. The van der Waals surface area contributed by atoms with Crippen molar-refractivity contribution in [3.8, 4) is 0 Å². The molecule has 0 saturated carbocycles. The molecule has 60 valence electrons. The number of aromatic amines is 1. The molecule has 1 aromatic heterocycles. The van der Waals surface area contributed by atoms with Crippen molar-refractivity contribution in [2.45, 2.75) is 27.2 Å². The van der Waals surface area contributed by atoms with Gasteiger partial charge in [0.1, 0.15) is 5.69 Å². The van der Waals surface area contributed by atoms with Crippen LogP contribution in [0.15, 0.2) is 0 Å². The van der Waals surface area contributed by atoms with E-state index >= 15 is 0 Å². The lowest BCUT2D eigenvalue weighted by molar-refractivity contribution is 0.0983. The SMILES string of the molecule is CCC(=O)c1n[nH]c(C)c1C. The van der Waals surface area contributed by atoms with Gasteiger partial charge in [0.2, 0.25) is 0 Å². The average Bonchev–Trinajstić information content (AvgIpc) is 2.32. The van der Waals surface area contributed by atoms with Crippen LogP contribution in [-0.2, 0) is 0 Å². The fourth-order valence-corrected chi connectivity index (χ4v) is 0.924. The molecular weight excluding hydrogens is 140 g/mol. The van der Waals surface area contributed by atoms with E-state index in [1.807, 2.05) is 20.8 Å². The molecule has 0 aliphatic heterocycles. The summed E-state index contributed by atoms with van der Waals surface area (Å²) in [6.45, 7) is 5.66. The highest BCUT2D eigenvalue weighted by molar-refractivity contribution is 5.95. The number of hydrogen-bond acceptors (Lipinski definition) is 2. The minimum atomic E-state index is 0.104. The molecule has 1 heterocycles. The van der Waals surface area contributed by atoms with Crippen molar-refractivity contribution in [1.29, 1.82) is 0 Å². The second kappa shape index (κ2) is 2.86. The highest BCUT2D eigenvalue weighted by Crippen LogP contribution is 2.09. The molecule has 0 amide bonds. The smallest absolute Gasteiger partial charge is 0.183 e. The van der Waals surface area contributed by atoms with Crippen molar-refractivity contribution < 1.29 is 4.79 Å². The summed E-state index contributed by atoms with van der Waals surface area (Å²) in [5.74, 6) is 0.104. The number of H-pyrrole nitrogens is 1. The summed E-state index contributed by atoms with van der Waals surface area (Å²) >= 11 is 0. The first-order chi connectivity index (χ1) is 5.16. The molecule has 11 heavy (non-hydrogen) atoms. The molecule has 1 N–H and O–H groups in total. The van der Waals surface area contributed by atoms with E-state index in [0.29, 0.717) is 12.1 Å². The Morgan fingerprint density at radius 2 is 2.18 bits per heavy atom. The van der Waals surface area contributed by atoms with E-state index in [-0.39, 0.29) is 5.78 Å². The van der Waals surface area contributed by atoms with Crippen LogP contribution in [-0.4, -0.2) is 16.0 Å². The van der Waals surface area contributed by atoms with E-state index < -0.39 is 0 Å². The first-order valence-electron chi connectivity index (χ1n) is 3.71. The number of nitrogens with one attached hydrogen (secondary N) is 1. The summed E-state index contributed by atoms with van der Waals surface area (Å²) in [6, 6.07) is 0. The van der Waals surface area contributed by atoms with Crippen molar-refractivity contribution >= 4 is 5.78 Å². The lowest BCUT2D eigenvalue weighted by Crippen LogP contribution is -1.98. The molecule has 0 fully saturated rings. The molecule has 0 unspecified atom stereocenters. The van der Waals surface area contributed by atoms with Crippen LogP contribution in [0.25, 0.3) is 0 Å². The van der Waals surface area contributed by atoms with Crippen LogP contribution in [0.4, 0.5) is 0 Å². The number of rotatable bonds is 2. The summed E-state index contributed by atoms with van der Waals surface area (Å²) in [7, 11) is 0. The molecule has 1 rings (SSSR count). The Morgan fingerprint density at radius 1 is 1.55 bits per heavy atom. The highest BCUT2D eigenvalue weighted by Gasteiger charge is 2.11. The Bertz CT molecular complexity index is 276. The molecular formula is C8H12N2O. The average molecular weight is 152 g/mol. The molecule has 0 aromatic carbocycles. The highest BCUT2D eigenvalue weighted by atomic mass is 16.1. The first kappa shape index (κ1) is 7.98. The maximum absolute atomic E-state index is 11.2. The lowest BCUT2D eigenvalue weighted by Gasteiger charge is -1.91. The van der Waals surface area contributed by atoms with Gasteiger partial charge in [0, 0.05) is 17.7 Å². The minimum absolute atomic E-state index is 0.104. The minimum Gasteiger partial charge on any atom is -0.292 e. The van der Waals surface area contributed by atoms with E-state index in [1.54, 1.807) is 0 Å². The summed E-state index contributed by atoms with van der Waals surface area (Å²) < 4.78 is 0. The Hall–Kier alpha value is -1.12. The summed E-state index contributed by atoms with van der Waals surface area (Å²) in [5, 5.41) is 6.69. The van der Waals surface area contributed by atoms with Crippen LogP contribution in [0.3, 0.4) is 0 Å².